The number of carbonyl (C=O) groups is 1. The molecule has 0 rings (SSSR count). The van der Waals surface area contributed by atoms with Crippen molar-refractivity contribution < 1.29 is 14.6 Å². The van der Waals surface area contributed by atoms with Crippen molar-refractivity contribution in [2.75, 3.05) is 0 Å². The monoisotopic (exact) mass is 185 g/mol. The molecule has 0 aliphatic rings. The Morgan fingerprint density at radius 1 is 1.54 bits per heavy atom. The molecule has 0 saturated heterocycles. The summed E-state index contributed by atoms with van der Waals surface area (Å²) in [6, 6.07) is 0. The third-order valence-electron chi connectivity index (χ3n) is 1.35. The lowest BCUT2D eigenvalue weighted by Crippen LogP contribution is -2.26. The van der Waals surface area contributed by atoms with Crippen molar-refractivity contribution in [2.45, 2.75) is 45.8 Å². The Hall–Kier alpha value is -0.830. The van der Waals surface area contributed by atoms with E-state index in [0.717, 1.165) is 12.5 Å². The van der Waals surface area contributed by atoms with Gasteiger partial charge in [0.2, 0.25) is 0 Å². The third-order valence-corrected chi connectivity index (χ3v) is 1.35. The molecule has 0 fully saturated rings. The Morgan fingerprint density at radius 3 is 2.38 bits per heavy atom. The molecule has 0 heterocycles. The maximum Gasteiger partial charge on any atom is 0.0763 e. The largest absolute Gasteiger partial charge is 0.545 e. The van der Waals surface area contributed by atoms with Gasteiger partial charge in [-0.25, -0.2) is 0 Å². The first-order chi connectivity index (χ1) is 5.85. The van der Waals surface area contributed by atoms with Crippen molar-refractivity contribution >= 4 is 5.97 Å². The Balaban J connectivity index is 4.12. The zero-order chi connectivity index (χ0) is 10.5. The normalized spacial score (nSPS) is 14.8. The van der Waals surface area contributed by atoms with E-state index in [9.17, 15) is 9.90 Å². The molecule has 0 radical (unpaired) electrons. The van der Waals surface area contributed by atoms with Gasteiger partial charge >= 0.3 is 0 Å². The summed E-state index contributed by atoms with van der Waals surface area (Å²) in [6.45, 7) is 7.74. The lowest BCUT2D eigenvalue weighted by Gasteiger charge is -2.24. The Morgan fingerprint density at radius 2 is 2.08 bits per heavy atom. The summed E-state index contributed by atoms with van der Waals surface area (Å²) < 4.78 is 5.56. The van der Waals surface area contributed by atoms with E-state index < -0.39 is 5.97 Å². The van der Waals surface area contributed by atoms with Crippen LogP contribution in [0.1, 0.15) is 34.1 Å². The third kappa shape index (κ3) is 7.53. The predicted molar refractivity (Wildman–Crippen MR) is 49.1 cm³/mol. The zero-order valence-corrected chi connectivity index (χ0v) is 8.66. The van der Waals surface area contributed by atoms with Crippen molar-refractivity contribution in [1.82, 2.24) is 0 Å². The second kappa shape index (κ2) is 5.02. The van der Waals surface area contributed by atoms with Crippen molar-refractivity contribution in [3.8, 4) is 0 Å². The highest BCUT2D eigenvalue weighted by molar-refractivity contribution is 5.77. The van der Waals surface area contributed by atoms with E-state index in [1.54, 1.807) is 0 Å². The van der Waals surface area contributed by atoms with Crippen LogP contribution in [-0.4, -0.2) is 17.7 Å². The average molecular weight is 185 g/mol. The molecule has 0 bridgehead atoms. The van der Waals surface area contributed by atoms with Crippen molar-refractivity contribution in [2.24, 2.45) is 0 Å². The molecule has 76 valence electrons. The predicted octanol–water partition coefficient (Wildman–Crippen LogP) is 0.886. The quantitative estimate of drug-likeness (QED) is 0.611. The molecule has 13 heavy (non-hydrogen) atoms. The maximum atomic E-state index is 10.1. The summed E-state index contributed by atoms with van der Waals surface area (Å²) in [5.41, 5.74) is -0.253. The Kier molecular flexibility index (Phi) is 4.70. The fraction of sp³-hybridized carbons (Fsp3) is 0.700. The molecule has 1 atom stereocenters. The Labute approximate surface area is 79.4 Å². The fourth-order valence-corrected chi connectivity index (χ4v) is 0.899. The highest BCUT2D eigenvalue weighted by Gasteiger charge is 2.14. The van der Waals surface area contributed by atoms with Crippen molar-refractivity contribution in [1.29, 1.82) is 0 Å². The number of rotatable bonds is 4. The van der Waals surface area contributed by atoms with Gasteiger partial charge in [0.1, 0.15) is 0 Å². The summed E-state index contributed by atoms with van der Waals surface area (Å²) in [7, 11) is 0. The number of carboxylic acid groups (broad SMARTS) is 1. The molecule has 0 N–H and O–H groups in total. The molecular weight excluding hydrogens is 168 g/mol. The van der Waals surface area contributed by atoms with Gasteiger partial charge in [0.15, 0.2) is 0 Å². The number of carboxylic acids is 1. The van der Waals surface area contributed by atoms with E-state index in [1.165, 1.54) is 6.08 Å². The molecule has 3 nitrogen and oxygen atoms in total. The summed E-state index contributed by atoms with van der Waals surface area (Å²) in [6.07, 6.45) is 3.12. The molecule has 0 aromatic carbocycles. The first kappa shape index (κ1) is 12.2. The van der Waals surface area contributed by atoms with Gasteiger partial charge in [0, 0.05) is 0 Å². The minimum absolute atomic E-state index is 0.155. The van der Waals surface area contributed by atoms with Crippen molar-refractivity contribution in [3.63, 3.8) is 0 Å². The lowest BCUT2D eigenvalue weighted by atomic mass is 10.1. The first-order valence-electron chi connectivity index (χ1n) is 4.42. The summed E-state index contributed by atoms with van der Waals surface area (Å²) in [5.74, 6) is -1.18. The van der Waals surface area contributed by atoms with Gasteiger partial charge in [-0.05, 0) is 33.3 Å². The van der Waals surface area contributed by atoms with Crippen molar-refractivity contribution in [3.05, 3.63) is 12.2 Å². The minimum atomic E-state index is -1.18. The van der Waals surface area contributed by atoms with Gasteiger partial charge in [-0.15, -0.1) is 0 Å². The SMILES string of the molecule is CCC(/C=C/C(=O)[O-])OC(C)(C)C. The highest BCUT2D eigenvalue weighted by Crippen LogP contribution is 2.13. The topological polar surface area (TPSA) is 49.4 Å². The first-order valence-corrected chi connectivity index (χ1v) is 4.42. The molecule has 1 unspecified atom stereocenters. The molecule has 0 aliphatic heterocycles. The maximum absolute atomic E-state index is 10.1. The molecular formula is C10H17O3-. The molecule has 3 heteroatoms. The molecule has 0 aromatic heterocycles. The van der Waals surface area contributed by atoms with Crippen LogP contribution in [0.3, 0.4) is 0 Å². The van der Waals surface area contributed by atoms with Gasteiger partial charge in [-0.1, -0.05) is 13.0 Å². The second-order valence-electron chi connectivity index (χ2n) is 3.86. The van der Waals surface area contributed by atoms with Gasteiger partial charge < -0.3 is 14.6 Å². The van der Waals surface area contributed by atoms with E-state index in [2.05, 4.69) is 0 Å². The second-order valence-corrected chi connectivity index (χ2v) is 3.86. The molecule has 0 amide bonds. The van der Waals surface area contributed by atoms with Crippen LogP contribution in [0.5, 0.6) is 0 Å². The van der Waals surface area contributed by atoms with Crippen LogP contribution in [0.25, 0.3) is 0 Å². The standard InChI is InChI=1S/C10H18O3/c1-5-8(6-7-9(11)12)13-10(2,3)4/h6-8H,5H2,1-4H3,(H,11,12)/p-1/b7-6+. The molecule has 0 saturated carbocycles. The highest BCUT2D eigenvalue weighted by atomic mass is 16.5. The van der Waals surface area contributed by atoms with Crippen LogP contribution in [0.2, 0.25) is 0 Å². The average Bonchev–Trinajstić information content (AvgIpc) is 1.95. The number of hydrogen-bond donors (Lipinski definition) is 0. The molecule has 0 aliphatic carbocycles. The van der Waals surface area contributed by atoms with E-state index in [-0.39, 0.29) is 11.7 Å². The van der Waals surface area contributed by atoms with Crippen LogP contribution in [0, 0.1) is 0 Å². The van der Waals surface area contributed by atoms with Gasteiger partial charge in [0.25, 0.3) is 0 Å². The van der Waals surface area contributed by atoms with Gasteiger partial charge in [-0.2, -0.15) is 0 Å². The van der Waals surface area contributed by atoms with Gasteiger partial charge in [0.05, 0.1) is 17.7 Å². The molecule has 0 aromatic rings. The van der Waals surface area contributed by atoms with Crippen LogP contribution < -0.4 is 5.11 Å². The Bertz CT molecular complexity index is 189. The minimum Gasteiger partial charge on any atom is -0.545 e. The summed E-state index contributed by atoms with van der Waals surface area (Å²) >= 11 is 0. The van der Waals surface area contributed by atoms with Gasteiger partial charge in [-0.3, -0.25) is 0 Å². The number of carbonyl (C=O) groups excluding carboxylic acids is 1. The van der Waals surface area contributed by atoms with Crippen LogP contribution in [-0.2, 0) is 9.53 Å². The zero-order valence-electron chi connectivity index (χ0n) is 8.66. The van der Waals surface area contributed by atoms with E-state index in [0.29, 0.717) is 0 Å². The van der Waals surface area contributed by atoms with Crippen LogP contribution in [0.15, 0.2) is 12.2 Å². The van der Waals surface area contributed by atoms with E-state index in [4.69, 9.17) is 4.74 Å². The van der Waals surface area contributed by atoms with E-state index >= 15 is 0 Å². The molecule has 0 spiro atoms. The smallest absolute Gasteiger partial charge is 0.0763 e. The lowest BCUT2D eigenvalue weighted by molar-refractivity contribution is -0.297. The van der Waals surface area contributed by atoms with E-state index in [1.807, 2.05) is 27.7 Å². The number of hydrogen-bond acceptors (Lipinski definition) is 3. The number of ether oxygens (including phenoxy) is 1. The van der Waals surface area contributed by atoms with Crippen LogP contribution in [0.4, 0.5) is 0 Å². The summed E-state index contributed by atoms with van der Waals surface area (Å²) in [4.78, 5) is 10.1. The summed E-state index contributed by atoms with van der Waals surface area (Å²) in [5, 5.41) is 10.1. The fourth-order valence-electron chi connectivity index (χ4n) is 0.899. The van der Waals surface area contributed by atoms with Crippen LogP contribution >= 0.6 is 0 Å². The number of aliphatic carboxylic acids is 1.